The van der Waals surface area contributed by atoms with Crippen molar-refractivity contribution in [3.63, 3.8) is 0 Å². The van der Waals surface area contributed by atoms with Gasteiger partial charge in [0.15, 0.2) is 11.5 Å². The van der Waals surface area contributed by atoms with Gasteiger partial charge in [0.1, 0.15) is 0 Å². The largest absolute Gasteiger partial charge is 0.493 e. The van der Waals surface area contributed by atoms with E-state index in [1.807, 2.05) is 0 Å². The van der Waals surface area contributed by atoms with Crippen molar-refractivity contribution in [1.82, 2.24) is 9.80 Å². The summed E-state index contributed by atoms with van der Waals surface area (Å²) >= 11 is 0. The number of hydrogen-bond acceptors (Lipinski definition) is 4. The van der Waals surface area contributed by atoms with Gasteiger partial charge in [-0.15, -0.1) is 0 Å². The number of carbonyl (C=O) groups excluding carboxylic acids is 1. The standard InChI is InChI=1S/C17H24F2N2O3/c1-12(2)11-20-6-8-21(9-7-20)16(22)13-4-5-14(24-17(18)19)15(10-13)23-3/h4-5,10,12,17H,6-9,11H2,1-3H3. The van der Waals surface area contributed by atoms with E-state index in [9.17, 15) is 13.6 Å². The molecule has 0 spiro atoms. The van der Waals surface area contributed by atoms with Crippen LogP contribution in [0.1, 0.15) is 24.2 Å². The molecule has 0 atom stereocenters. The Morgan fingerprint density at radius 2 is 1.83 bits per heavy atom. The van der Waals surface area contributed by atoms with Crippen LogP contribution in [0.5, 0.6) is 11.5 Å². The molecule has 7 heteroatoms. The zero-order valence-electron chi connectivity index (χ0n) is 14.3. The zero-order chi connectivity index (χ0) is 17.7. The minimum absolute atomic E-state index is 0.0780. The van der Waals surface area contributed by atoms with Gasteiger partial charge in [0.2, 0.25) is 0 Å². The van der Waals surface area contributed by atoms with Gasteiger partial charge in [-0.3, -0.25) is 9.69 Å². The highest BCUT2D eigenvalue weighted by Crippen LogP contribution is 2.30. The van der Waals surface area contributed by atoms with Crippen LogP contribution in [0, 0.1) is 5.92 Å². The van der Waals surface area contributed by atoms with Crippen molar-refractivity contribution in [3.05, 3.63) is 23.8 Å². The Bertz CT molecular complexity index is 559. The molecule has 24 heavy (non-hydrogen) atoms. The first-order chi connectivity index (χ1) is 11.4. The van der Waals surface area contributed by atoms with E-state index < -0.39 is 6.61 Å². The van der Waals surface area contributed by atoms with E-state index in [4.69, 9.17) is 4.74 Å². The number of ether oxygens (including phenoxy) is 2. The zero-order valence-corrected chi connectivity index (χ0v) is 14.3. The van der Waals surface area contributed by atoms with Gasteiger partial charge in [0.05, 0.1) is 7.11 Å². The van der Waals surface area contributed by atoms with Gasteiger partial charge < -0.3 is 14.4 Å². The van der Waals surface area contributed by atoms with Crippen LogP contribution in [0.25, 0.3) is 0 Å². The first-order valence-corrected chi connectivity index (χ1v) is 8.05. The van der Waals surface area contributed by atoms with Gasteiger partial charge in [0, 0.05) is 38.3 Å². The van der Waals surface area contributed by atoms with Crippen molar-refractivity contribution in [1.29, 1.82) is 0 Å². The lowest BCUT2D eigenvalue weighted by Crippen LogP contribution is -2.49. The van der Waals surface area contributed by atoms with Crippen LogP contribution in [0.2, 0.25) is 0 Å². The fraction of sp³-hybridized carbons (Fsp3) is 0.588. The van der Waals surface area contributed by atoms with Crippen molar-refractivity contribution >= 4 is 5.91 Å². The lowest BCUT2D eigenvalue weighted by Gasteiger charge is -2.35. The summed E-state index contributed by atoms with van der Waals surface area (Å²) in [6, 6.07) is 4.27. The van der Waals surface area contributed by atoms with Crippen LogP contribution >= 0.6 is 0 Å². The number of alkyl halides is 2. The molecule has 1 aromatic carbocycles. The molecule has 1 amide bonds. The number of benzene rings is 1. The summed E-state index contributed by atoms with van der Waals surface area (Å²) in [6.45, 7) is 5.43. The molecule has 0 aliphatic carbocycles. The summed E-state index contributed by atoms with van der Waals surface area (Å²) < 4.78 is 34.1. The van der Waals surface area contributed by atoms with E-state index >= 15 is 0 Å². The minimum atomic E-state index is -2.94. The predicted octanol–water partition coefficient (Wildman–Crippen LogP) is 2.71. The molecule has 1 fully saturated rings. The third kappa shape index (κ3) is 4.80. The molecule has 1 heterocycles. The molecule has 1 saturated heterocycles. The quantitative estimate of drug-likeness (QED) is 0.797. The number of halogens is 2. The number of amides is 1. The van der Waals surface area contributed by atoms with Crippen LogP contribution in [-0.4, -0.2) is 62.2 Å². The number of methoxy groups -OCH3 is 1. The van der Waals surface area contributed by atoms with Crippen LogP contribution in [0.15, 0.2) is 18.2 Å². The maximum Gasteiger partial charge on any atom is 0.387 e. The van der Waals surface area contributed by atoms with Crippen molar-refractivity contribution in [2.24, 2.45) is 5.92 Å². The van der Waals surface area contributed by atoms with Crippen molar-refractivity contribution in [2.75, 3.05) is 39.8 Å². The van der Waals surface area contributed by atoms with E-state index in [0.717, 1.165) is 19.6 Å². The molecule has 0 saturated carbocycles. The molecule has 0 unspecified atom stereocenters. The Labute approximate surface area is 141 Å². The van der Waals surface area contributed by atoms with E-state index in [2.05, 4.69) is 23.5 Å². The van der Waals surface area contributed by atoms with Crippen molar-refractivity contribution in [2.45, 2.75) is 20.5 Å². The van der Waals surface area contributed by atoms with Gasteiger partial charge in [-0.25, -0.2) is 0 Å². The Kier molecular flexibility index (Phi) is 6.36. The summed E-state index contributed by atoms with van der Waals surface area (Å²) in [6.07, 6.45) is 0. The van der Waals surface area contributed by atoms with Gasteiger partial charge >= 0.3 is 6.61 Å². The topological polar surface area (TPSA) is 42.0 Å². The lowest BCUT2D eigenvalue weighted by atomic mass is 10.1. The Balaban J connectivity index is 2.02. The highest BCUT2D eigenvalue weighted by Gasteiger charge is 2.23. The molecule has 0 bridgehead atoms. The predicted molar refractivity (Wildman–Crippen MR) is 86.8 cm³/mol. The van der Waals surface area contributed by atoms with Gasteiger partial charge in [-0.2, -0.15) is 8.78 Å². The second kappa shape index (κ2) is 8.28. The molecular weight excluding hydrogens is 318 g/mol. The highest BCUT2D eigenvalue weighted by molar-refractivity contribution is 5.95. The number of piperazine rings is 1. The van der Waals surface area contributed by atoms with E-state index in [0.29, 0.717) is 24.6 Å². The summed E-state index contributed by atoms with van der Waals surface area (Å²) in [5.74, 6) is 0.519. The molecule has 5 nitrogen and oxygen atoms in total. The lowest BCUT2D eigenvalue weighted by molar-refractivity contribution is -0.0512. The van der Waals surface area contributed by atoms with Crippen LogP contribution in [0.3, 0.4) is 0 Å². The van der Waals surface area contributed by atoms with Gasteiger partial charge in [-0.05, 0) is 24.1 Å². The van der Waals surface area contributed by atoms with Crippen LogP contribution in [0.4, 0.5) is 8.78 Å². The average molecular weight is 342 g/mol. The summed E-state index contributed by atoms with van der Waals surface area (Å²) in [7, 11) is 1.35. The second-order valence-corrected chi connectivity index (χ2v) is 6.23. The van der Waals surface area contributed by atoms with Gasteiger partial charge in [-0.1, -0.05) is 13.8 Å². The fourth-order valence-electron chi connectivity index (χ4n) is 2.83. The number of carbonyl (C=O) groups is 1. The third-order valence-corrected chi connectivity index (χ3v) is 3.91. The van der Waals surface area contributed by atoms with E-state index in [1.54, 1.807) is 4.90 Å². The Morgan fingerprint density at radius 3 is 2.38 bits per heavy atom. The minimum Gasteiger partial charge on any atom is -0.493 e. The summed E-state index contributed by atoms with van der Waals surface area (Å²) in [5.41, 5.74) is 0.408. The van der Waals surface area contributed by atoms with Crippen LogP contribution < -0.4 is 9.47 Å². The SMILES string of the molecule is COc1cc(C(=O)N2CCN(CC(C)C)CC2)ccc1OC(F)F. The molecule has 0 radical (unpaired) electrons. The van der Waals surface area contributed by atoms with E-state index in [1.165, 1.54) is 25.3 Å². The summed E-state index contributed by atoms with van der Waals surface area (Å²) in [4.78, 5) is 16.7. The molecule has 0 N–H and O–H groups in total. The molecule has 0 aromatic heterocycles. The monoisotopic (exact) mass is 342 g/mol. The molecular formula is C17H24F2N2O3. The van der Waals surface area contributed by atoms with Gasteiger partial charge in [0.25, 0.3) is 5.91 Å². The molecule has 2 rings (SSSR count). The molecule has 1 aliphatic rings. The fourth-order valence-corrected chi connectivity index (χ4v) is 2.83. The Morgan fingerprint density at radius 1 is 1.17 bits per heavy atom. The van der Waals surface area contributed by atoms with E-state index in [-0.39, 0.29) is 17.4 Å². The number of rotatable bonds is 6. The molecule has 1 aliphatic heterocycles. The van der Waals surface area contributed by atoms with Crippen molar-refractivity contribution in [3.8, 4) is 11.5 Å². The summed E-state index contributed by atoms with van der Waals surface area (Å²) in [5, 5.41) is 0. The maximum absolute atomic E-state index is 12.6. The maximum atomic E-state index is 12.6. The Hall–Kier alpha value is -1.89. The first-order valence-electron chi connectivity index (χ1n) is 8.05. The smallest absolute Gasteiger partial charge is 0.387 e. The first kappa shape index (κ1) is 18.4. The average Bonchev–Trinajstić information content (AvgIpc) is 2.54. The molecule has 134 valence electrons. The number of hydrogen-bond donors (Lipinski definition) is 0. The second-order valence-electron chi connectivity index (χ2n) is 6.23. The third-order valence-electron chi connectivity index (χ3n) is 3.91. The molecule has 1 aromatic rings. The highest BCUT2D eigenvalue weighted by atomic mass is 19.3. The normalized spacial score (nSPS) is 15.9. The van der Waals surface area contributed by atoms with Crippen LogP contribution in [-0.2, 0) is 0 Å². The number of nitrogens with zero attached hydrogens (tertiary/aromatic N) is 2. The van der Waals surface area contributed by atoms with Crippen molar-refractivity contribution < 1.29 is 23.0 Å².